The predicted molar refractivity (Wildman–Crippen MR) is 127 cm³/mol. The van der Waals surface area contributed by atoms with Crippen LogP contribution in [0.15, 0.2) is 97.6 Å². The minimum Gasteiger partial charge on any atom is -0.454 e. The van der Waals surface area contributed by atoms with E-state index in [2.05, 4.69) is 9.97 Å². The molecule has 0 aliphatic carbocycles. The van der Waals surface area contributed by atoms with Crippen LogP contribution in [0.2, 0.25) is 0 Å². The average Bonchev–Trinajstić information content (AvgIpc) is 2.89. The SMILES string of the molecule is O=C1OC(c2ccccc2)Cc2cc(C(=O)N(Cc3ccncc3)Cc3cccnc3)ccc21. The Kier molecular flexibility index (Phi) is 6.12. The molecule has 0 N–H and O–H groups in total. The number of carbonyl (C=O) groups excluding carboxylic acids is 2. The summed E-state index contributed by atoms with van der Waals surface area (Å²) in [5.41, 5.74) is 4.73. The van der Waals surface area contributed by atoms with E-state index in [0.29, 0.717) is 30.6 Å². The van der Waals surface area contributed by atoms with E-state index in [4.69, 9.17) is 4.74 Å². The third kappa shape index (κ3) is 4.71. The molecule has 6 heteroatoms. The van der Waals surface area contributed by atoms with Crippen LogP contribution in [-0.4, -0.2) is 26.7 Å². The lowest BCUT2D eigenvalue weighted by atomic mass is 9.93. The number of hydrogen-bond donors (Lipinski definition) is 0. The number of carbonyl (C=O) groups is 2. The maximum atomic E-state index is 13.6. The molecule has 0 saturated carbocycles. The number of amides is 1. The number of hydrogen-bond acceptors (Lipinski definition) is 5. The van der Waals surface area contributed by atoms with Crippen molar-refractivity contribution in [2.75, 3.05) is 0 Å². The van der Waals surface area contributed by atoms with Crippen molar-refractivity contribution in [3.63, 3.8) is 0 Å². The van der Waals surface area contributed by atoms with Gasteiger partial charge >= 0.3 is 5.97 Å². The summed E-state index contributed by atoms with van der Waals surface area (Å²) in [4.78, 5) is 36.3. The van der Waals surface area contributed by atoms with Crippen LogP contribution in [-0.2, 0) is 24.2 Å². The van der Waals surface area contributed by atoms with Crippen molar-refractivity contribution in [2.24, 2.45) is 0 Å². The van der Waals surface area contributed by atoms with Crippen molar-refractivity contribution in [2.45, 2.75) is 25.6 Å². The molecule has 3 heterocycles. The molecule has 1 aliphatic rings. The van der Waals surface area contributed by atoms with Crippen molar-refractivity contribution >= 4 is 11.9 Å². The molecule has 1 atom stereocenters. The monoisotopic (exact) mass is 449 g/mol. The van der Waals surface area contributed by atoms with Gasteiger partial charge in [-0.3, -0.25) is 14.8 Å². The van der Waals surface area contributed by atoms with Gasteiger partial charge < -0.3 is 9.64 Å². The summed E-state index contributed by atoms with van der Waals surface area (Å²) in [5, 5.41) is 0. The Bertz CT molecular complexity index is 1250. The van der Waals surface area contributed by atoms with Crippen LogP contribution >= 0.6 is 0 Å². The number of aromatic nitrogens is 2. The largest absolute Gasteiger partial charge is 0.454 e. The highest BCUT2D eigenvalue weighted by molar-refractivity contribution is 5.97. The zero-order valence-corrected chi connectivity index (χ0v) is 18.5. The van der Waals surface area contributed by atoms with Gasteiger partial charge in [0.2, 0.25) is 0 Å². The Morgan fingerprint density at radius 2 is 1.68 bits per heavy atom. The maximum Gasteiger partial charge on any atom is 0.339 e. The first-order chi connectivity index (χ1) is 16.7. The van der Waals surface area contributed by atoms with Gasteiger partial charge in [-0.1, -0.05) is 36.4 Å². The van der Waals surface area contributed by atoms with Gasteiger partial charge in [0, 0.05) is 49.9 Å². The standard InChI is InChI=1S/C28H23N3O3/c32-27(31(18-20-10-13-29-14-11-20)19-21-5-4-12-30-17-21)23-8-9-25-24(15-23)16-26(34-28(25)33)22-6-2-1-3-7-22/h1-15,17,26H,16,18-19H2. The molecule has 6 nitrogen and oxygen atoms in total. The molecule has 168 valence electrons. The lowest BCUT2D eigenvalue weighted by Crippen LogP contribution is -2.31. The second kappa shape index (κ2) is 9.67. The second-order valence-corrected chi connectivity index (χ2v) is 8.26. The third-order valence-electron chi connectivity index (χ3n) is 5.90. The molecule has 34 heavy (non-hydrogen) atoms. The topological polar surface area (TPSA) is 72.4 Å². The van der Waals surface area contributed by atoms with Gasteiger partial charge in [-0.15, -0.1) is 0 Å². The number of esters is 1. The first kappa shape index (κ1) is 21.5. The normalized spacial score (nSPS) is 14.7. The first-order valence-electron chi connectivity index (χ1n) is 11.1. The summed E-state index contributed by atoms with van der Waals surface area (Å²) in [7, 11) is 0. The molecule has 5 rings (SSSR count). The van der Waals surface area contributed by atoms with E-state index in [9.17, 15) is 9.59 Å². The molecule has 2 aromatic heterocycles. The quantitative estimate of drug-likeness (QED) is 0.397. The molecule has 4 aromatic rings. The zero-order chi connectivity index (χ0) is 23.3. The molecular weight excluding hydrogens is 426 g/mol. The number of ether oxygens (including phenoxy) is 1. The number of pyridine rings is 2. The predicted octanol–water partition coefficient (Wildman–Crippen LogP) is 4.77. The summed E-state index contributed by atoms with van der Waals surface area (Å²) < 4.78 is 5.66. The van der Waals surface area contributed by atoms with Gasteiger partial charge in [0.15, 0.2) is 0 Å². The Balaban J connectivity index is 1.44. The molecular formula is C28H23N3O3. The molecule has 1 amide bonds. The Morgan fingerprint density at radius 1 is 0.882 bits per heavy atom. The van der Waals surface area contributed by atoms with Crippen LogP contribution in [0.25, 0.3) is 0 Å². The lowest BCUT2D eigenvalue weighted by Gasteiger charge is -2.27. The van der Waals surface area contributed by atoms with Crippen molar-refractivity contribution in [3.8, 4) is 0 Å². The highest BCUT2D eigenvalue weighted by atomic mass is 16.5. The van der Waals surface area contributed by atoms with E-state index in [1.54, 1.807) is 41.8 Å². The highest BCUT2D eigenvalue weighted by Gasteiger charge is 2.29. The van der Waals surface area contributed by atoms with Crippen molar-refractivity contribution in [3.05, 3.63) is 131 Å². The van der Waals surface area contributed by atoms with Crippen molar-refractivity contribution in [1.82, 2.24) is 14.9 Å². The molecule has 2 aromatic carbocycles. The minimum atomic E-state index is -0.366. The van der Waals surface area contributed by atoms with E-state index in [1.165, 1.54) is 0 Å². The zero-order valence-electron chi connectivity index (χ0n) is 18.5. The molecule has 0 bridgehead atoms. The molecule has 1 unspecified atom stereocenters. The van der Waals surface area contributed by atoms with Gasteiger partial charge in [0.05, 0.1) is 5.56 Å². The molecule has 0 saturated heterocycles. The summed E-state index contributed by atoms with van der Waals surface area (Å²) >= 11 is 0. The number of nitrogens with zero attached hydrogens (tertiary/aromatic N) is 3. The number of benzene rings is 2. The molecule has 0 spiro atoms. The molecule has 0 fully saturated rings. The van der Waals surface area contributed by atoms with Crippen LogP contribution < -0.4 is 0 Å². The van der Waals surface area contributed by atoms with Crippen LogP contribution in [0.5, 0.6) is 0 Å². The van der Waals surface area contributed by atoms with E-state index in [1.807, 2.05) is 60.7 Å². The number of fused-ring (bicyclic) bond motifs is 1. The first-order valence-corrected chi connectivity index (χ1v) is 11.1. The fourth-order valence-corrected chi connectivity index (χ4v) is 4.19. The Morgan fingerprint density at radius 3 is 2.44 bits per heavy atom. The maximum absolute atomic E-state index is 13.6. The van der Waals surface area contributed by atoms with Gasteiger partial charge in [0.25, 0.3) is 5.91 Å². The van der Waals surface area contributed by atoms with Crippen LogP contribution in [0.3, 0.4) is 0 Å². The van der Waals surface area contributed by atoms with E-state index in [-0.39, 0.29) is 18.0 Å². The van der Waals surface area contributed by atoms with Crippen LogP contribution in [0, 0.1) is 0 Å². The Labute approximate surface area is 197 Å². The highest BCUT2D eigenvalue weighted by Crippen LogP contribution is 2.31. The van der Waals surface area contributed by atoms with E-state index in [0.717, 1.165) is 22.3 Å². The summed E-state index contributed by atoms with van der Waals surface area (Å²) in [5.74, 6) is -0.475. The summed E-state index contributed by atoms with van der Waals surface area (Å²) in [6, 6.07) is 22.5. The lowest BCUT2D eigenvalue weighted by molar-refractivity contribution is 0.0252. The fourth-order valence-electron chi connectivity index (χ4n) is 4.19. The average molecular weight is 450 g/mol. The van der Waals surface area contributed by atoms with Gasteiger partial charge in [-0.25, -0.2) is 4.79 Å². The number of rotatable bonds is 6. The van der Waals surface area contributed by atoms with Gasteiger partial charge in [-0.2, -0.15) is 0 Å². The van der Waals surface area contributed by atoms with Crippen molar-refractivity contribution < 1.29 is 14.3 Å². The third-order valence-corrected chi connectivity index (χ3v) is 5.90. The van der Waals surface area contributed by atoms with Crippen molar-refractivity contribution in [1.29, 1.82) is 0 Å². The van der Waals surface area contributed by atoms with E-state index >= 15 is 0 Å². The second-order valence-electron chi connectivity index (χ2n) is 8.26. The summed E-state index contributed by atoms with van der Waals surface area (Å²) in [6.45, 7) is 0.850. The van der Waals surface area contributed by atoms with Crippen LogP contribution in [0.1, 0.15) is 49.1 Å². The fraction of sp³-hybridized carbons (Fsp3) is 0.143. The smallest absolute Gasteiger partial charge is 0.339 e. The van der Waals surface area contributed by atoms with Gasteiger partial charge in [0.1, 0.15) is 6.10 Å². The van der Waals surface area contributed by atoms with Gasteiger partial charge in [-0.05, 0) is 58.7 Å². The molecule has 1 aliphatic heterocycles. The Hall–Kier alpha value is -4.32. The summed E-state index contributed by atoms with van der Waals surface area (Å²) in [6.07, 6.45) is 7.07. The minimum absolute atomic E-state index is 0.112. The van der Waals surface area contributed by atoms with Crippen LogP contribution in [0.4, 0.5) is 0 Å². The number of cyclic esters (lactones) is 1. The molecule has 0 radical (unpaired) electrons. The van der Waals surface area contributed by atoms with E-state index < -0.39 is 0 Å².